The highest BCUT2D eigenvalue weighted by atomic mass is 16.5. The lowest BCUT2D eigenvalue weighted by molar-refractivity contribution is -0.170. The van der Waals surface area contributed by atoms with Gasteiger partial charge in [-0.15, -0.1) is 0 Å². The fourth-order valence-corrected chi connectivity index (χ4v) is 3.04. The van der Waals surface area contributed by atoms with Crippen LogP contribution in [0.3, 0.4) is 0 Å². The largest absolute Gasteiger partial charge is 0.480 e. The van der Waals surface area contributed by atoms with E-state index in [1.807, 2.05) is 6.92 Å². The summed E-state index contributed by atoms with van der Waals surface area (Å²) in [7, 11) is 0. The predicted molar refractivity (Wildman–Crippen MR) is 82.4 cm³/mol. The van der Waals surface area contributed by atoms with Gasteiger partial charge in [0.25, 0.3) is 0 Å². The molecular weight excluding hydrogens is 266 g/mol. The van der Waals surface area contributed by atoms with Gasteiger partial charge in [0.2, 0.25) is 0 Å². The number of hydrogen-bond acceptors (Lipinski definition) is 3. The molecule has 1 atom stereocenters. The van der Waals surface area contributed by atoms with E-state index in [-0.39, 0.29) is 12.2 Å². The van der Waals surface area contributed by atoms with Crippen molar-refractivity contribution in [2.45, 2.75) is 45.3 Å². The monoisotopic (exact) mass is 291 g/mol. The van der Waals surface area contributed by atoms with Gasteiger partial charge in [-0.05, 0) is 30.9 Å². The van der Waals surface area contributed by atoms with E-state index in [0.29, 0.717) is 6.04 Å². The van der Waals surface area contributed by atoms with E-state index in [4.69, 9.17) is 9.84 Å². The third-order valence-corrected chi connectivity index (χ3v) is 4.22. The van der Waals surface area contributed by atoms with Crippen molar-refractivity contribution < 1.29 is 14.6 Å². The Balaban J connectivity index is 1.95. The van der Waals surface area contributed by atoms with Gasteiger partial charge in [0, 0.05) is 19.1 Å². The maximum Gasteiger partial charge on any atom is 0.329 e. The number of carboxylic acid groups (broad SMARTS) is 1. The number of nitrogens with zero attached hydrogens (tertiary/aromatic N) is 1. The molecule has 0 aromatic heterocycles. The molecule has 21 heavy (non-hydrogen) atoms. The highest BCUT2D eigenvalue weighted by Gasteiger charge is 2.43. The lowest BCUT2D eigenvalue weighted by Crippen LogP contribution is -2.62. The third-order valence-electron chi connectivity index (χ3n) is 4.22. The zero-order valence-corrected chi connectivity index (χ0v) is 13.1. The van der Waals surface area contributed by atoms with Crippen molar-refractivity contribution in [3.8, 4) is 0 Å². The van der Waals surface area contributed by atoms with Gasteiger partial charge in [-0.1, -0.05) is 38.1 Å². The maximum atomic E-state index is 10.6. The molecule has 4 heteroatoms. The van der Waals surface area contributed by atoms with Crippen LogP contribution in [0.2, 0.25) is 0 Å². The first-order valence-electron chi connectivity index (χ1n) is 7.66. The van der Waals surface area contributed by atoms with Crippen molar-refractivity contribution in [1.82, 2.24) is 4.90 Å². The van der Waals surface area contributed by atoms with Gasteiger partial charge < -0.3 is 9.84 Å². The Bertz CT molecular complexity index is 477. The molecule has 4 nitrogen and oxygen atoms in total. The van der Waals surface area contributed by atoms with E-state index in [1.54, 1.807) is 0 Å². The maximum absolute atomic E-state index is 10.6. The molecule has 1 aliphatic heterocycles. The number of likely N-dealkylation sites (tertiary alicyclic amines) is 1. The van der Waals surface area contributed by atoms with Gasteiger partial charge in [0.1, 0.15) is 6.61 Å². The van der Waals surface area contributed by atoms with Crippen LogP contribution in [-0.4, -0.2) is 41.3 Å². The molecule has 1 fully saturated rings. The summed E-state index contributed by atoms with van der Waals surface area (Å²) in [6, 6.07) is 9.19. The van der Waals surface area contributed by atoms with Crippen molar-refractivity contribution in [2.24, 2.45) is 0 Å². The highest BCUT2D eigenvalue weighted by Crippen LogP contribution is 2.35. The zero-order valence-electron chi connectivity index (χ0n) is 13.1. The fraction of sp³-hybridized carbons (Fsp3) is 0.588. The second-order valence-corrected chi connectivity index (χ2v) is 6.06. The van der Waals surface area contributed by atoms with Crippen LogP contribution < -0.4 is 0 Å². The van der Waals surface area contributed by atoms with E-state index in [9.17, 15) is 4.79 Å². The van der Waals surface area contributed by atoms with Crippen molar-refractivity contribution in [2.75, 3.05) is 19.7 Å². The molecule has 0 radical (unpaired) electrons. The summed E-state index contributed by atoms with van der Waals surface area (Å²) >= 11 is 0. The van der Waals surface area contributed by atoms with Crippen LogP contribution >= 0.6 is 0 Å². The molecule has 0 spiro atoms. The quantitative estimate of drug-likeness (QED) is 0.839. The number of aryl methyl sites for hydroxylation is 1. The number of rotatable bonds is 7. The number of hydrogen-bond donors (Lipinski definition) is 1. The Morgan fingerprint density at radius 1 is 1.33 bits per heavy atom. The van der Waals surface area contributed by atoms with Gasteiger partial charge in [0.05, 0.1) is 5.60 Å². The molecule has 0 aliphatic carbocycles. The Morgan fingerprint density at radius 3 is 2.43 bits per heavy atom. The first kappa shape index (κ1) is 16.0. The molecule has 116 valence electrons. The second kappa shape index (κ2) is 6.58. The molecule has 0 amide bonds. The van der Waals surface area contributed by atoms with Crippen LogP contribution in [0.5, 0.6) is 0 Å². The number of benzene rings is 1. The van der Waals surface area contributed by atoms with E-state index in [1.165, 1.54) is 11.1 Å². The first-order valence-corrected chi connectivity index (χ1v) is 7.66. The molecule has 0 saturated carbocycles. The van der Waals surface area contributed by atoms with Crippen LogP contribution in [0.4, 0.5) is 0 Å². The van der Waals surface area contributed by atoms with Gasteiger partial charge >= 0.3 is 5.97 Å². The van der Waals surface area contributed by atoms with Gasteiger partial charge in [-0.25, -0.2) is 4.79 Å². The summed E-state index contributed by atoms with van der Waals surface area (Å²) in [5.74, 6) is -0.906. The summed E-state index contributed by atoms with van der Waals surface area (Å²) in [5, 5.41) is 8.71. The van der Waals surface area contributed by atoms with Crippen LogP contribution in [0, 0.1) is 0 Å². The van der Waals surface area contributed by atoms with E-state index >= 15 is 0 Å². The van der Waals surface area contributed by atoms with Crippen LogP contribution in [0.15, 0.2) is 24.3 Å². The summed E-state index contributed by atoms with van der Waals surface area (Å²) < 4.78 is 5.48. The minimum absolute atomic E-state index is 0.216. The van der Waals surface area contributed by atoms with Gasteiger partial charge in [-0.3, -0.25) is 4.90 Å². The molecular formula is C17H25NO3. The smallest absolute Gasteiger partial charge is 0.329 e. The van der Waals surface area contributed by atoms with Crippen molar-refractivity contribution in [1.29, 1.82) is 0 Å². The van der Waals surface area contributed by atoms with Crippen LogP contribution in [0.25, 0.3) is 0 Å². The summed E-state index contributed by atoms with van der Waals surface area (Å²) in [4.78, 5) is 13.0. The fourth-order valence-electron chi connectivity index (χ4n) is 3.04. The average molecular weight is 291 g/mol. The molecule has 1 N–H and O–H groups in total. The SMILES string of the molecule is CCc1ccc(C(CC)N2CC(C)(OCC(=O)O)C2)cc1. The number of aliphatic carboxylic acids is 1. The molecule has 0 bridgehead atoms. The Morgan fingerprint density at radius 2 is 1.95 bits per heavy atom. The molecule has 1 heterocycles. The Hall–Kier alpha value is -1.39. The van der Waals surface area contributed by atoms with Crippen LogP contribution in [-0.2, 0) is 16.0 Å². The van der Waals surface area contributed by atoms with E-state index in [2.05, 4.69) is 43.0 Å². The molecule has 2 rings (SSSR count). The van der Waals surface area contributed by atoms with Gasteiger partial charge in [-0.2, -0.15) is 0 Å². The van der Waals surface area contributed by atoms with Crippen LogP contribution in [0.1, 0.15) is 44.4 Å². The lowest BCUT2D eigenvalue weighted by Gasteiger charge is -2.51. The number of ether oxygens (including phenoxy) is 1. The molecule has 1 aliphatic rings. The number of carbonyl (C=O) groups is 1. The second-order valence-electron chi connectivity index (χ2n) is 6.06. The van der Waals surface area contributed by atoms with Crippen molar-refractivity contribution in [3.63, 3.8) is 0 Å². The molecule has 1 saturated heterocycles. The lowest BCUT2D eigenvalue weighted by atomic mass is 9.90. The Labute approximate surface area is 126 Å². The zero-order chi connectivity index (χ0) is 15.5. The molecule has 1 aromatic rings. The third kappa shape index (κ3) is 3.83. The molecule has 1 aromatic carbocycles. The highest BCUT2D eigenvalue weighted by molar-refractivity contribution is 5.68. The minimum atomic E-state index is -0.906. The van der Waals surface area contributed by atoms with Gasteiger partial charge in [0.15, 0.2) is 0 Å². The van der Waals surface area contributed by atoms with E-state index < -0.39 is 5.97 Å². The average Bonchev–Trinajstić information content (AvgIpc) is 2.45. The summed E-state index contributed by atoms with van der Waals surface area (Å²) in [6.45, 7) is 7.69. The predicted octanol–water partition coefficient (Wildman–Crippen LogP) is 2.88. The normalized spacial score (nSPS) is 19.0. The Kier molecular flexibility index (Phi) is 5.01. The van der Waals surface area contributed by atoms with E-state index in [0.717, 1.165) is 25.9 Å². The summed E-state index contributed by atoms with van der Waals surface area (Å²) in [5.41, 5.74) is 2.36. The standard InChI is InChI=1S/C17H25NO3/c1-4-13-6-8-14(9-7-13)15(5-2)18-11-17(3,12-18)21-10-16(19)20/h6-9,15H,4-5,10-12H2,1-3H3,(H,19,20). The first-order chi connectivity index (χ1) is 9.97. The van der Waals surface area contributed by atoms with Crippen molar-refractivity contribution in [3.05, 3.63) is 35.4 Å². The number of carboxylic acids is 1. The van der Waals surface area contributed by atoms with Crippen molar-refractivity contribution >= 4 is 5.97 Å². The molecule has 1 unspecified atom stereocenters. The summed E-state index contributed by atoms with van der Waals surface area (Å²) in [6.07, 6.45) is 2.10. The topological polar surface area (TPSA) is 49.8 Å². The minimum Gasteiger partial charge on any atom is -0.480 e.